The van der Waals surface area contributed by atoms with Crippen molar-refractivity contribution in [3.05, 3.63) is 29.8 Å². The second kappa shape index (κ2) is 11.3. The molecule has 6 nitrogen and oxygen atoms in total. The van der Waals surface area contributed by atoms with E-state index in [0.29, 0.717) is 45.2 Å². The Balaban J connectivity index is 0.00000364. The Morgan fingerprint density at radius 2 is 1.96 bits per heavy atom. The van der Waals surface area contributed by atoms with E-state index in [1.54, 1.807) is 6.92 Å². The maximum absolute atomic E-state index is 13.9. The average molecular weight is 496 g/mol. The first-order valence-electron chi connectivity index (χ1n) is 8.77. The monoisotopic (exact) mass is 496 g/mol. The molecule has 0 radical (unpaired) electrons. The predicted octanol–water partition coefficient (Wildman–Crippen LogP) is 2.48. The summed E-state index contributed by atoms with van der Waals surface area (Å²) >= 11 is 0. The second-order valence-corrected chi connectivity index (χ2v) is 6.19. The molecule has 0 spiro atoms. The number of carbonyl (C=O) groups is 1. The largest absolute Gasteiger partial charge is 0.469 e. The van der Waals surface area contributed by atoms with E-state index in [1.165, 1.54) is 13.2 Å². The van der Waals surface area contributed by atoms with Crippen molar-refractivity contribution in [1.82, 2.24) is 10.2 Å². The number of anilines is 1. The molecule has 0 amide bonds. The highest BCUT2D eigenvalue weighted by Gasteiger charge is 2.22. The number of guanidine groups is 1. The molecule has 1 unspecified atom stereocenters. The van der Waals surface area contributed by atoms with Crippen molar-refractivity contribution in [3.8, 4) is 0 Å². The zero-order valence-corrected chi connectivity index (χ0v) is 18.2. The summed E-state index contributed by atoms with van der Waals surface area (Å²) in [6.45, 7) is 7.11. The molecule has 1 saturated heterocycles. The first-order chi connectivity index (χ1) is 12.5. The molecule has 0 bridgehead atoms. The van der Waals surface area contributed by atoms with Crippen LogP contribution in [0.5, 0.6) is 0 Å². The lowest BCUT2D eigenvalue weighted by atomic mass is 10.2. The van der Waals surface area contributed by atoms with Gasteiger partial charge in [-0.05, 0) is 19.1 Å². The Morgan fingerprint density at radius 3 is 2.56 bits per heavy atom. The molecule has 152 valence electrons. The van der Waals surface area contributed by atoms with Crippen molar-refractivity contribution in [3.63, 3.8) is 0 Å². The molecule has 1 aliphatic heterocycles. The van der Waals surface area contributed by atoms with Crippen molar-refractivity contribution >= 4 is 41.6 Å². The number of nitrogens with one attached hydrogen (secondary N) is 1. The van der Waals surface area contributed by atoms with Crippen molar-refractivity contribution < 1.29 is 18.3 Å². The number of nitrogens with zero attached hydrogens (tertiary/aromatic N) is 3. The molecule has 1 atom stereocenters. The first-order valence-corrected chi connectivity index (χ1v) is 8.77. The van der Waals surface area contributed by atoms with Gasteiger partial charge in [-0.3, -0.25) is 9.79 Å². The number of piperazine rings is 1. The molecule has 1 aromatic rings. The number of esters is 1. The van der Waals surface area contributed by atoms with Gasteiger partial charge in [0.05, 0.1) is 25.3 Å². The van der Waals surface area contributed by atoms with Gasteiger partial charge in [-0.15, -0.1) is 24.0 Å². The maximum Gasteiger partial charge on any atom is 0.310 e. The normalized spacial score (nSPS) is 15.8. The average Bonchev–Trinajstić information content (AvgIpc) is 2.66. The molecule has 9 heteroatoms. The minimum absolute atomic E-state index is 0. The molecule has 1 heterocycles. The quantitative estimate of drug-likeness (QED) is 0.294. The van der Waals surface area contributed by atoms with E-state index in [4.69, 9.17) is 4.74 Å². The molecule has 1 aromatic carbocycles. The summed E-state index contributed by atoms with van der Waals surface area (Å²) < 4.78 is 32.1. The lowest BCUT2D eigenvalue weighted by Crippen LogP contribution is -2.53. The molecule has 1 aliphatic rings. The summed E-state index contributed by atoms with van der Waals surface area (Å²) in [5.41, 5.74) is 0.283. The van der Waals surface area contributed by atoms with Gasteiger partial charge in [-0.1, -0.05) is 6.92 Å². The summed E-state index contributed by atoms with van der Waals surface area (Å²) in [5.74, 6) is -0.780. The smallest absolute Gasteiger partial charge is 0.310 e. The second-order valence-electron chi connectivity index (χ2n) is 6.19. The fourth-order valence-corrected chi connectivity index (χ4v) is 2.81. The lowest BCUT2D eigenvalue weighted by Gasteiger charge is -2.37. The van der Waals surface area contributed by atoms with Crippen molar-refractivity contribution in [2.75, 3.05) is 51.3 Å². The number of hydrogen-bond donors (Lipinski definition) is 1. The van der Waals surface area contributed by atoms with Crippen LogP contribution in [0.3, 0.4) is 0 Å². The summed E-state index contributed by atoms with van der Waals surface area (Å²) in [7, 11) is 1.36. The third-order valence-corrected chi connectivity index (χ3v) is 4.28. The minimum Gasteiger partial charge on any atom is -0.469 e. The number of ether oxygens (including phenoxy) is 1. The third-order valence-electron chi connectivity index (χ3n) is 4.28. The molecule has 27 heavy (non-hydrogen) atoms. The Kier molecular flexibility index (Phi) is 9.75. The van der Waals surface area contributed by atoms with Gasteiger partial charge in [0.15, 0.2) is 5.96 Å². The van der Waals surface area contributed by atoms with Gasteiger partial charge in [0.1, 0.15) is 11.6 Å². The Labute approximate surface area is 176 Å². The number of methoxy groups -OCH3 is 1. The van der Waals surface area contributed by atoms with E-state index in [9.17, 15) is 13.6 Å². The molecule has 0 aromatic heterocycles. The predicted molar refractivity (Wildman–Crippen MR) is 113 cm³/mol. The van der Waals surface area contributed by atoms with Crippen molar-refractivity contribution in [2.45, 2.75) is 13.8 Å². The fourth-order valence-electron chi connectivity index (χ4n) is 2.81. The summed E-state index contributed by atoms with van der Waals surface area (Å²) in [6.07, 6.45) is 0. The van der Waals surface area contributed by atoms with Crippen LogP contribution in [0.4, 0.5) is 14.5 Å². The number of rotatable bonds is 5. The summed E-state index contributed by atoms with van der Waals surface area (Å²) in [5, 5.41) is 3.21. The van der Waals surface area contributed by atoms with Gasteiger partial charge < -0.3 is 19.9 Å². The molecule has 1 N–H and O–H groups in total. The third kappa shape index (κ3) is 6.47. The number of carbonyl (C=O) groups excluding carboxylic acids is 1. The Bertz CT molecular complexity index is 652. The van der Waals surface area contributed by atoms with Crippen LogP contribution in [0.1, 0.15) is 13.8 Å². The molecule has 0 aliphatic carbocycles. The molecule has 1 fully saturated rings. The van der Waals surface area contributed by atoms with Crippen LogP contribution in [-0.2, 0) is 9.53 Å². The van der Waals surface area contributed by atoms with Crippen LogP contribution >= 0.6 is 24.0 Å². The van der Waals surface area contributed by atoms with Crippen molar-refractivity contribution in [2.24, 2.45) is 10.9 Å². The standard InChI is InChI=1S/C18H26F2N4O2.HI/c1-4-21-18(22-12-13(2)17(25)26-3)24-9-7-23(8-10-24)16-11-14(19)5-6-15(16)20;/h5-6,11,13H,4,7-10,12H2,1-3H3,(H,21,22);1H. The number of halogens is 3. The molecular formula is C18H27F2IN4O2. The zero-order valence-electron chi connectivity index (χ0n) is 15.9. The zero-order chi connectivity index (χ0) is 19.1. The molecular weight excluding hydrogens is 469 g/mol. The van der Waals surface area contributed by atoms with E-state index in [1.807, 2.05) is 11.8 Å². The van der Waals surface area contributed by atoms with Crippen LogP contribution < -0.4 is 10.2 Å². The van der Waals surface area contributed by atoms with Crippen LogP contribution in [0.2, 0.25) is 0 Å². The van der Waals surface area contributed by atoms with Gasteiger partial charge in [-0.2, -0.15) is 0 Å². The van der Waals surface area contributed by atoms with Gasteiger partial charge >= 0.3 is 5.97 Å². The van der Waals surface area contributed by atoms with Gasteiger partial charge in [0.25, 0.3) is 0 Å². The SMILES string of the molecule is CCNC(=NCC(C)C(=O)OC)N1CCN(c2cc(F)ccc2F)CC1.I. The van der Waals surface area contributed by atoms with Crippen LogP contribution in [0, 0.1) is 17.6 Å². The van der Waals surface area contributed by atoms with E-state index in [2.05, 4.69) is 15.2 Å². The van der Waals surface area contributed by atoms with Crippen LogP contribution in [0.25, 0.3) is 0 Å². The number of benzene rings is 1. The summed E-state index contributed by atoms with van der Waals surface area (Å²) in [4.78, 5) is 19.9. The lowest BCUT2D eigenvalue weighted by molar-refractivity contribution is -0.144. The van der Waals surface area contributed by atoms with E-state index >= 15 is 0 Å². The highest BCUT2D eigenvalue weighted by molar-refractivity contribution is 14.0. The highest BCUT2D eigenvalue weighted by Crippen LogP contribution is 2.22. The van der Waals surface area contributed by atoms with E-state index in [-0.39, 0.29) is 41.6 Å². The summed E-state index contributed by atoms with van der Waals surface area (Å²) in [6, 6.07) is 3.49. The number of hydrogen-bond acceptors (Lipinski definition) is 4. The molecule has 2 rings (SSSR count). The van der Waals surface area contributed by atoms with Crippen LogP contribution in [0.15, 0.2) is 23.2 Å². The Morgan fingerprint density at radius 1 is 1.30 bits per heavy atom. The van der Waals surface area contributed by atoms with Gasteiger partial charge in [0.2, 0.25) is 0 Å². The highest BCUT2D eigenvalue weighted by atomic mass is 127. The topological polar surface area (TPSA) is 57.2 Å². The van der Waals surface area contributed by atoms with Crippen molar-refractivity contribution in [1.29, 1.82) is 0 Å². The van der Waals surface area contributed by atoms with Gasteiger partial charge in [0, 0.05) is 38.8 Å². The van der Waals surface area contributed by atoms with Gasteiger partial charge in [-0.25, -0.2) is 8.78 Å². The fraction of sp³-hybridized carbons (Fsp3) is 0.556. The first kappa shape index (κ1) is 23.4. The van der Waals surface area contributed by atoms with Crippen LogP contribution in [-0.4, -0.2) is 63.2 Å². The Hall–Kier alpha value is -1.65. The number of aliphatic imine (C=N–C) groups is 1. The van der Waals surface area contributed by atoms with E-state index in [0.717, 1.165) is 12.1 Å². The maximum atomic E-state index is 13.9. The molecule has 0 saturated carbocycles. The minimum atomic E-state index is -0.449. The van der Waals surface area contributed by atoms with E-state index < -0.39 is 11.6 Å².